The number of aryl methyl sites for hydroxylation is 2. The van der Waals surface area contributed by atoms with Crippen LogP contribution in [-0.2, 0) is 0 Å². The van der Waals surface area contributed by atoms with Crippen LogP contribution < -0.4 is 9.80 Å². The maximum absolute atomic E-state index is 6.31. The highest BCUT2D eigenvalue weighted by Crippen LogP contribution is 2.40. The third-order valence-corrected chi connectivity index (χ3v) is 9.06. The Bertz CT molecular complexity index is 1950. The predicted molar refractivity (Wildman–Crippen MR) is 206 cm³/mol. The average Bonchev–Trinajstić information content (AvgIpc) is 3.12. The van der Waals surface area contributed by atoms with Crippen molar-refractivity contribution in [3.8, 4) is 22.3 Å². The van der Waals surface area contributed by atoms with Crippen LogP contribution in [0.2, 0.25) is 10.0 Å². The largest absolute Gasteiger partial charge is 0.311 e. The Kier molecular flexibility index (Phi) is 9.03. The average molecular weight is 662 g/mol. The van der Waals surface area contributed by atoms with E-state index in [4.69, 9.17) is 23.2 Å². The molecule has 0 radical (unpaired) electrons. The Morgan fingerprint density at radius 1 is 0.271 bits per heavy atom. The fraction of sp³-hybridized carbons (Fsp3) is 0.0455. The number of nitrogens with zero attached hydrogens (tertiary/aromatic N) is 2. The van der Waals surface area contributed by atoms with Crippen LogP contribution >= 0.6 is 23.2 Å². The van der Waals surface area contributed by atoms with E-state index in [0.29, 0.717) is 10.0 Å². The van der Waals surface area contributed by atoms with Crippen molar-refractivity contribution in [3.05, 3.63) is 191 Å². The first-order chi connectivity index (χ1) is 23.4. The van der Waals surface area contributed by atoms with E-state index < -0.39 is 0 Å². The van der Waals surface area contributed by atoms with E-state index in [1.807, 2.05) is 24.3 Å². The molecule has 0 aliphatic carbocycles. The van der Waals surface area contributed by atoms with Gasteiger partial charge in [-0.05, 0) is 133 Å². The van der Waals surface area contributed by atoms with Gasteiger partial charge in [0.2, 0.25) is 0 Å². The van der Waals surface area contributed by atoms with E-state index in [9.17, 15) is 0 Å². The summed E-state index contributed by atoms with van der Waals surface area (Å²) in [5, 5.41) is 1.41. The maximum Gasteiger partial charge on any atom is 0.0463 e. The second-order valence-corrected chi connectivity index (χ2v) is 12.8. The van der Waals surface area contributed by atoms with Gasteiger partial charge < -0.3 is 9.80 Å². The molecule has 0 fully saturated rings. The number of halogens is 2. The van der Waals surface area contributed by atoms with Gasteiger partial charge in [0.25, 0.3) is 0 Å². The van der Waals surface area contributed by atoms with E-state index in [0.717, 1.165) is 34.1 Å². The molecule has 2 nitrogen and oxygen atoms in total. The fourth-order valence-corrected chi connectivity index (χ4v) is 6.18. The van der Waals surface area contributed by atoms with Gasteiger partial charge >= 0.3 is 0 Å². The molecule has 0 atom stereocenters. The molecule has 0 bridgehead atoms. The lowest BCUT2D eigenvalue weighted by molar-refractivity contribution is 1.26. The third-order valence-electron chi connectivity index (χ3n) is 8.56. The summed E-state index contributed by atoms with van der Waals surface area (Å²) in [6.45, 7) is 4.22. The smallest absolute Gasteiger partial charge is 0.0463 e. The summed E-state index contributed by atoms with van der Waals surface area (Å²) in [5.74, 6) is 0. The van der Waals surface area contributed by atoms with Crippen LogP contribution in [0.4, 0.5) is 34.1 Å². The van der Waals surface area contributed by atoms with Crippen LogP contribution in [0.1, 0.15) is 11.1 Å². The van der Waals surface area contributed by atoms with Crippen LogP contribution in [0.3, 0.4) is 0 Å². The maximum atomic E-state index is 6.31. The Hall–Kier alpha value is -5.28. The molecule has 0 spiro atoms. The lowest BCUT2D eigenvalue weighted by Crippen LogP contribution is -2.12. The molecule has 0 saturated heterocycles. The summed E-state index contributed by atoms with van der Waals surface area (Å²) >= 11 is 12.6. The van der Waals surface area contributed by atoms with E-state index >= 15 is 0 Å². The molecule has 0 unspecified atom stereocenters. The van der Waals surface area contributed by atoms with Crippen LogP contribution in [0, 0.1) is 13.8 Å². The van der Waals surface area contributed by atoms with Crippen LogP contribution in [0.5, 0.6) is 0 Å². The first-order valence-corrected chi connectivity index (χ1v) is 16.7. The summed E-state index contributed by atoms with van der Waals surface area (Å²) in [4.78, 5) is 4.50. The summed E-state index contributed by atoms with van der Waals surface area (Å²) in [7, 11) is 0. The summed E-state index contributed by atoms with van der Waals surface area (Å²) in [6.07, 6.45) is 0. The van der Waals surface area contributed by atoms with Gasteiger partial charge in [-0.2, -0.15) is 0 Å². The van der Waals surface area contributed by atoms with Gasteiger partial charge in [-0.3, -0.25) is 0 Å². The van der Waals surface area contributed by atoms with Gasteiger partial charge in [0.1, 0.15) is 0 Å². The first kappa shape index (κ1) is 31.3. The Balaban J connectivity index is 1.25. The van der Waals surface area contributed by atoms with Crippen molar-refractivity contribution in [3.63, 3.8) is 0 Å². The minimum Gasteiger partial charge on any atom is -0.311 e. The topological polar surface area (TPSA) is 6.48 Å². The second kappa shape index (κ2) is 13.8. The second-order valence-electron chi connectivity index (χ2n) is 12.0. The first-order valence-electron chi connectivity index (χ1n) is 16.0. The predicted octanol–water partition coefficient (Wildman–Crippen LogP) is 13.9. The van der Waals surface area contributed by atoms with E-state index in [1.54, 1.807) is 0 Å². The fourth-order valence-electron chi connectivity index (χ4n) is 5.92. The van der Waals surface area contributed by atoms with Crippen molar-refractivity contribution in [2.45, 2.75) is 13.8 Å². The molecular formula is C44H34Cl2N2. The number of hydrogen-bond donors (Lipinski definition) is 0. The molecule has 7 aromatic carbocycles. The molecule has 48 heavy (non-hydrogen) atoms. The molecule has 7 rings (SSSR count). The number of rotatable bonds is 8. The third kappa shape index (κ3) is 6.87. The molecule has 0 heterocycles. The van der Waals surface area contributed by atoms with Gasteiger partial charge in [-0.25, -0.2) is 0 Å². The van der Waals surface area contributed by atoms with Crippen LogP contribution in [-0.4, -0.2) is 0 Å². The minimum absolute atomic E-state index is 0.704. The Morgan fingerprint density at radius 2 is 0.458 bits per heavy atom. The molecule has 0 aliphatic rings. The summed E-state index contributed by atoms with van der Waals surface area (Å²) < 4.78 is 0. The standard InChI is InChI=1S/C44H34Cl2N2/c1-31-3-7-33(8-4-31)35-11-19-39(20-12-35)47(41-23-15-37(45)16-24-41)43-27-29-44(30-28-43)48(42-25-17-38(46)18-26-42)40-21-13-36(14-22-40)34-9-5-32(2)6-10-34/h3-30H,1-2H3. The van der Waals surface area contributed by atoms with E-state index in [1.165, 1.54) is 33.4 Å². The molecule has 0 saturated carbocycles. The molecule has 0 amide bonds. The van der Waals surface area contributed by atoms with E-state index in [-0.39, 0.29) is 0 Å². The van der Waals surface area contributed by atoms with Crippen molar-refractivity contribution >= 4 is 57.3 Å². The molecule has 7 aromatic rings. The molecule has 234 valence electrons. The lowest BCUT2D eigenvalue weighted by atomic mass is 10.0. The van der Waals surface area contributed by atoms with Crippen molar-refractivity contribution in [1.29, 1.82) is 0 Å². The van der Waals surface area contributed by atoms with Gasteiger partial charge in [0.05, 0.1) is 0 Å². The van der Waals surface area contributed by atoms with Crippen LogP contribution in [0.15, 0.2) is 170 Å². The van der Waals surface area contributed by atoms with Crippen molar-refractivity contribution in [2.75, 3.05) is 9.80 Å². The normalized spacial score (nSPS) is 10.9. The Labute approximate surface area is 293 Å². The molecule has 0 aromatic heterocycles. The number of hydrogen-bond acceptors (Lipinski definition) is 2. The molecule has 0 aliphatic heterocycles. The van der Waals surface area contributed by atoms with Crippen molar-refractivity contribution < 1.29 is 0 Å². The zero-order valence-corrected chi connectivity index (χ0v) is 28.3. The van der Waals surface area contributed by atoms with Gasteiger partial charge in [0.15, 0.2) is 0 Å². The van der Waals surface area contributed by atoms with Crippen molar-refractivity contribution in [1.82, 2.24) is 0 Å². The van der Waals surface area contributed by atoms with Gasteiger partial charge in [-0.1, -0.05) is 107 Å². The highest BCUT2D eigenvalue weighted by Gasteiger charge is 2.17. The summed E-state index contributed by atoms with van der Waals surface area (Å²) in [5.41, 5.74) is 13.5. The lowest BCUT2D eigenvalue weighted by Gasteiger charge is -2.28. The van der Waals surface area contributed by atoms with E-state index in [2.05, 4.69) is 169 Å². The zero-order chi connectivity index (χ0) is 33.0. The van der Waals surface area contributed by atoms with Gasteiger partial charge in [-0.15, -0.1) is 0 Å². The highest BCUT2D eigenvalue weighted by atomic mass is 35.5. The summed E-state index contributed by atoms with van der Waals surface area (Å²) in [6, 6.07) is 59.3. The quantitative estimate of drug-likeness (QED) is 0.160. The Morgan fingerprint density at radius 3 is 0.708 bits per heavy atom. The van der Waals surface area contributed by atoms with Crippen LogP contribution in [0.25, 0.3) is 22.3 Å². The molecule has 4 heteroatoms. The monoisotopic (exact) mass is 660 g/mol. The zero-order valence-electron chi connectivity index (χ0n) is 26.8. The van der Waals surface area contributed by atoms with Gasteiger partial charge in [0, 0.05) is 44.2 Å². The minimum atomic E-state index is 0.704. The number of benzene rings is 7. The molecule has 0 N–H and O–H groups in total. The SMILES string of the molecule is Cc1ccc(-c2ccc(N(c3ccc(Cl)cc3)c3ccc(N(c4ccc(Cl)cc4)c4ccc(-c5ccc(C)cc5)cc4)cc3)cc2)cc1. The molecular weight excluding hydrogens is 627 g/mol. The highest BCUT2D eigenvalue weighted by molar-refractivity contribution is 6.31. The van der Waals surface area contributed by atoms with Crippen molar-refractivity contribution in [2.24, 2.45) is 0 Å². The number of anilines is 6.